The largest absolute Gasteiger partial charge is 0.478 e. The second-order valence-corrected chi connectivity index (χ2v) is 5.30. The number of nitrogens with zero attached hydrogens (tertiary/aromatic N) is 1. The zero-order valence-corrected chi connectivity index (χ0v) is 11.3. The van der Waals surface area contributed by atoms with Crippen LogP contribution in [0.2, 0.25) is 0 Å². The van der Waals surface area contributed by atoms with Crippen molar-refractivity contribution < 1.29 is 14.7 Å². The highest BCUT2D eigenvalue weighted by Gasteiger charge is 2.32. The second kappa shape index (κ2) is 5.43. The summed E-state index contributed by atoms with van der Waals surface area (Å²) in [5.41, 5.74) is 0.379. The van der Waals surface area contributed by atoms with Crippen molar-refractivity contribution >= 4 is 11.9 Å². The van der Waals surface area contributed by atoms with E-state index in [1.54, 1.807) is 18.2 Å². The zero-order valence-electron chi connectivity index (χ0n) is 11.3. The minimum Gasteiger partial charge on any atom is -0.478 e. The molecule has 1 atom stereocenters. The fraction of sp³-hybridized carbons (Fsp3) is 0.467. The summed E-state index contributed by atoms with van der Waals surface area (Å²) in [6.07, 6.45) is 1.99. The summed E-state index contributed by atoms with van der Waals surface area (Å²) in [4.78, 5) is 25.6. The monoisotopic (exact) mass is 261 g/mol. The van der Waals surface area contributed by atoms with Gasteiger partial charge in [0.15, 0.2) is 0 Å². The standard InChI is InChI=1S/C15H19NO3/c1-10(2)13-8-5-9-16(13)14(17)11-6-3-4-7-12(11)15(18)19/h3-4,6-7,10,13H,5,8-9H2,1-2H3,(H,18,19). The van der Waals surface area contributed by atoms with Gasteiger partial charge in [0.25, 0.3) is 5.91 Å². The molecule has 1 saturated heterocycles. The number of benzene rings is 1. The van der Waals surface area contributed by atoms with Crippen LogP contribution in [0.3, 0.4) is 0 Å². The molecular formula is C15H19NO3. The molecule has 2 rings (SSSR count). The molecule has 0 aliphatic carbocycles. The molecular weight excluding hydrogens is 242 g/mol. The van der Waals surface area contributed by atoms with Gasteiger partial charge in [-0.1, -0.05) is 26.0 Å². The predicted molar refractivity (Wildman–Crippen MR) is 72.3 cm³/mol. The minimum atomic E-state index is -1.05. The Labute approximate surface area is 113 Å². The average Bonchev–Trinajstić information content (AvgIpc) is 2.87. The number of carbonyl (C=O) groups excluding carboxylic acids is 1. The van der Waals surface area contributed by atoms with Gasteiger partial charge in [-0.05, 0) is 30.9 Å². The Kier molecular flexibility index (Phi) is 3.88. The molecule has 1 heterocycles. The van der Waals surface area contributed by atoms with E-state index in [4.69, 9.17) is 5.11 Å². The van der Waals surface area contributed by atoms with Crippen LogP contribution in [0, 0.1) is 5.92 Å². The van der Waals surface area contributed by atoms with Crippen LogP contribution < -0.4 is 0 Å². The van der Waals surface area contributed by atoms with E-state index in [1.807, 2.05) is 4.90 Å². The minimum absolute atomic E-state index is 0.0851. The number of rotatable bonds is 3. The smallest absolute Gasteiger partial charge is 0.336 e. The quantitative estimate of drug-likeness (QED) is 0.910. The maximum absolute atomic E-state index is 12.5. The Morgan fingerprint density at radius 2 is 1.89 bits per heavy atom. The first-order valence-electron chi connectivity index (χ1n) is 6.65. The SMILES string of the molecule is CC(C)C1CCCN1C(=O)c1ccccc1C(=O)O. The van der Waals surface area contributed by atoms with Gasteiger partial charge in [0.2, 0.25) is 0 Å². The lowest BCUT2D eigenvalue weighted by Crippen LogP contribution is -2.39. The molecule has 4 nitrogen and oxygen atoms in total. The second-order valence-electron chi connectivity index (χ2n) is 5.30. The van der Waals surface area contributed by atoms with E-state index in [9.17, 15) is 9.59 Å². The number of hydrogen-bond acceptors (Lipinski definition) is 2. The summed E-state index contributed by atoms with van der Waals surface area (Å²) >= 11 is 0. The molecule has 1 amide bonds. The first-order chi connectivity index (χ1) is 9.02. The van der Waals surface area contributed by atoms with Gasteiger partial charge in [0.1, 0.15) is 0 Å². The molecule has 1 aromatic carbocycles. The molecule has 1 fully saturated rings. The van der Waals surface area contributed by atoms with E-state index in [-0.39, 0.29) is 17.5 Å². The molecule has 0 saturated carbocycles. The number of aromatic carboxylic acids is 1. The van der Waals surface area contributed by atoms with E-state index < -0.39 is 5.97 Å². The van der Waals surface area contributed by atoms with Crippen LogP contribution in [0.25, 0.3) is 0 Å². The Hall–Kier alpha value is -1.84. The summed E-state index contributed by atoms with van der Waals surface area (Å²) < 4.78 is 0. The molecule has 0 radical (unpaired) electrons. The third-order valence-corrected chi connectivity index (χ3v) is 3.72. The molecule has 19 heavy (non-hydrogen) atoms. The van der Waals surface area contributed by atoms with Crippen molar-refractivity contribution in [1.82, 2.24) is 4.90 Å². The number of carboxylic acid groups (broad SMARTS) is 1. The highest BCUT2D eigenvalue weighted by molar-refractivity contribution is 6.04. The van der Waals surface area contributed by atoms with Crippen molar-refractivity contribution in [3.63, 3.8) is 0 Å². The van der Waals surface area contributed by atoms with Gasteiger partial charge in [-0.2, -0.15) is 0 Å². The van der Waals surface area contributed by atoms with Crippen LogP contribution in [0.1, 0.15) is 47.4 Å². The van der Waals surface area contributed by atoms with Crippen molar-refractivity contribution in [2.45, 2.75) is 32.7 Å². The molecule has 1 aromatic rings. The average molecular weight is 261 g/mol. The van der Waals surface area contributed by atoms with Gasteiger partial charge >= 0.3 is 5.97 Å². The number of carboxylic acids is 1. The number of hydrogen-bond donors (Lipinski definition) is 1. The summed E-state index contributed by atoms with van der Waals surface area (Å²) in [6.45, 7) is 4.91. The zero-order chi connectivity index (χ0) is 14.0. The highest BCUT2D eigenvalue weighted by Crippen LogP contribution is 2.26. The fourth-order valence-electron chi connectivity index (χ4n) is 2.75. The van der Waals surface area contributed by atoms with E-state index in [2.05, 4.69) is 13.8 Å². The first kappa shape index (κ1) is 13.6. The van der Waals surface area contributed by atoms with Gasteiger partial charge in [0.05, 0.1) is 11.1 Å². The lowest BCUT2D eigenvalue weighted by Gasteiger charge is -2.28. The number of carbonyl (C=O) groups is 2. The lowest BCUT2D eigenvalue weighted by molar-refractivity contribution is 0.0657. The third kappa shape index (κ3) is 2.62. The van der Waals surface area contributed by atoms with E-state index >= 15 is 0 Å². The number of amides is 1. The van der Waals surface area contributed by atoms with Gasteiger partial charge in [-0.3, -0.25) is 4.79 Å². The van der Waals surface area contributed by atoms with Crippen molar-refractivity contribution in [2.24, 2.45) is 5.92 Å². The maximum Gasteiger partial charge on any atom is 0.336 e. The Balaban J connectivity index is 2.32. The normalized spacial score (nSPS) is 18.9. The summed E-state index contributed by atoms with van der Waals surface area (Å²) in [5, 5.41) is 9.16. The Bertz CT molecular complexity index is 496. The van der Waals surface area contributed by atoms with Crippen molar-refractivity contribution in [1.29, 1.82) is 0 Å². The Morgan fingerprint density at radius 3 is 2.47 bits per heavy atom. The molecule has 102 valence electrons. The third-order valence-electron chi connectivity index (χ3n) is 3.72. The fourth-order valence-corrected chi connectivity index (χ4v) is 2.75. The summed E-state index contributed by atoms with van der Waals surface area (Å²) in [6, 6.07) is 6.65. The van der Waals surface area contributed by atoms with Crippen LogP contribution in [-0.2, 0) is 0 Å². The van der Waals surface area contributed by atoms with Crippen LogP contribution in [-0.4, -0.2) is 34.5 Å². The highest BCUT2D eigenvalue weighted by atomic mass is 16.4. The van der Waals surface area contributed by atoms with Crippen LogP contribution in [0.4, 0.5) is 0 Å². The maximum atomic E-state index is 12.5. The molecule has 0 aromatic heterocycles. The topological polar surface area (TPSA) is 57.6 Å². The van der Waals surface area contributed by atoms with Crippen LogP contribution >= 0.6 is 0 Å². The molecule has 0 bridgehead atoms. The molecule has 1 unspecified atom stereocenters. The van der Waals surface area contributed by atoms with Gasteiger partial charge in [0, 0.05) is 12.6 Å². The number of likely N-dealkylation sites (tertiary alicyclic amines) is 1. The summed E-state index contributed by atoms with van der Waals surface area (Å²) in [5.74, 6) is -0.818. The lowest BCUT2D eigenvalue weighted by atomic mass is 10.0. The Morgan fingerprint density at radius 1 is 1.26 bits per heavy atom. The molecule has 4 heteroatoms. The molecule has 1 aliphatic rings. The van der Waals surface area contributed by atoms with Crippen molar-refractivity contribution in [2.75, 3.05) is 6.54 Å². The molecule has 1 N–H and O–H groups in total. The van der Waals surface area contributed by atoms with Crippen molar-refractivity contribution in [3.05, 3.63) is 35.4 Å². The predicted octanol–water partition coefficient (Wildman–Crippen LogP) is 2.65. The van der Waals surface area contributed by atoms with E-state index in [1.165, 1.54) is 6.07 Å². The van der Waals surface area contributed by atoms with Gasteiger partial charge < -0.3 is 10.0 Å². The van der Waals surface area contributed by atoms with Gasteiger partial charge in [-0.15, -0.1) is 0 Å². The van der Waals surface area contributed by atoms with Crippen LogP contribution in [0.15, 0.2) is 24.3 Å². The first-order valence-corrected chi connectivity index (χ1v) is 6.65. The van der Waals surface area contributed by atoms with Crippen molar-refractivity contribution in [3.8, 4) is 0 Å². The molecule has 1 aliphatic heterocycles. The van der Waals surface area contributed by atoms with Crippen LogP contribution in [0.5, 0.6) is 0 Å². The molecule has 0 spiro atoms. The van der Waals surface area contributed by atoms with E-state index in [0.717, 1.165) is 19.4 Å². The summed E-state index contributed by atoms with van der Waals surface area (Å²) in [7, 11) is 0. The van der Waals surface area contributed by atoms with Gasteiger partial charge in [-0.25, -0.2) is 4.79 Å². The van der Waals surface area contributed by atoms with E-state index in [0.29, 0.717) is 11.5 Å².